The zero-order valence-electron chi connectivity index (χ0n) is 12.6. The lowest BCUT2D eigenvalue weighted by molar-refractivity contribution is -0.130. The molecule has 2 rings (SSSR count). The summed E-state index contributed by atoms with van der Waals surface area (Å²) in [6, 6.07) is 4.39. The Balaban J connectivity index is 1.97. The van der Waals surface area contributed by atoms with Gasteiger partial charge in [-0.3, -0.25) is 9.78 Å². The maximum absolute atomic E-state index is 12.5. The number of pyridine rings is 1. The summed E-state index contributed by atoms with van der Waals surface area (Å²) >= 11 is 0. The van der Waals surface area contributed by atoms with Crippen LogP contribution in [-0.2, 0) is 11.2 Å². The molecule has 1 aliphatic heterocycles. The largest absolute Gasteiger partial charge is 0.341 e. The summed E-state index contributed by atoms with van der Waals surface area (Å²) in [6.45, 7) is 6.88. The Morgan fingerprint density at radius 3 is 3.05 bits per heavy atom. The molecule has 1 aromatic heterocycles. The van der Waals surface area contributed by atoms with Crippen molar-refractivity contribution < 1.29 is 4.79 Å². The summed E-state index contributed by atoms with van der Waals surface area (Å²) in [7, 11) is 0. The van der Waals surface area contributed by atoms with Gasteiger partial charge in [-0.25, -0.2) is 0 Å². The molecular formula is C16H25N3O. The van der Waals surface area contributed by atoms with Crippen LogP contribution in [0.25, 0.3) is 0 Å². The van der Waals surface area contributed by atoms with Gasteiger partial charge in [0, 0.05) is 25.3 Å². The van der Waals surface area contributed by atoms with Crippen LogP contribution < -0.4 is 5.32 Å². The minimum atomic E-state index is 0.197. The fourth-order valence-corrected chi connectivity index (χ4v) is 2.72. The monoisotopic (exact) mass is 275 g/mol. The van der Waals surface area contributed by atoms with Crippen molar-refractivity contribution in [2.45, 2.75) is 45.6 Å². The van der Waals surface area contributed by atoms with Crippen LogP contribution >= 0.6 is 0 Å². The fourth-order valence-electron chi connectivity index (χ4n) is 2.72. The molecule has 1 amide bonds. The van der Waals surface area contributed by atoms with Gasteiger partial charge < -0.3 is 10.2 Å². The SMILES string of the molecule is CCCN(CC1CCCN1)C(=O)Cc1ncccc1C. The first-order valence-electron chi connectivity index (χ1n) is 7.62. The van der Waals surface area contributed by atoms with E-state index in [1.807, 2.05) is 24.0 Å². The highest BCUT2D eigenvalue weighted by atomic mass is 16.2. The second kappa shape index (κ2) is 7.39. The smallest absolute Gasteiger partial charge is 0.228 e. The van der Waals surface area contributed by atoms with Crippen molar-refractivity contribution in [3.05, 3.63) is 29.6 Å². The number of hydrogen-bond acceptors (Lipinski definition) is 3. The molecule has 1 aliphatic rings. The average molecular weight is 275 g/mol. The number of nitrogens with one attached hydrogen (secondary N) is 1. The molecule has 1 fully saturated rings. The minimum absolute atomic E-state index is 0.197. The van der Waals surface area contributed by atoms with E-state index >= 15 is 0 Å². The normalized spacial score (nSPS) is 18.2. The molecule has 1 N–H and O–H groups in total. The Morgan fingerprint density at radius 1 is 1.55 bits per heavy atom. The van der Waals surface area contributed by atoms with Crippen LogP contribution in [-0.4, -0.2) is 41.5 Å². The lowest BCUT2D eigenvalue weighted by Gasteiger charge is -2.25. The van der Waals surface area contributed by atoms with E-state index < -0.39 is 0 Å². The number of rotatable bonds is 6. The quantitative estimate of drug-likeness (QED) is 0.863. The van der Waals surface area contributed by atoms with Crippen LogP contribution in [0, 0.1) is 6.92 Å². The van der Waals surface area contributed by atoms with E-state index in [4.69, 9.17) is 0 Å². The topological polar surface area (TPSA) is 45.2 Å². The predicted molar refractivity (Wildman–Crippen MR) is 80.6 cm³/mol. The van der Waals surface area contributed by atoms with Crippen molar-refractivity contribution in [2.75, 3.05) is 19.6 Å². The van der Waals surface area contributed by atoms with Crippen molar-refractivity contribution in [1.29, 1.82) is 0 Å². The van der Waals surface area contributed by atoms with Gasteiger partial charge in [-0.05, 0) is 44.4 Å². The second-order valence-corrected chi connectivity index (χ2v) is 5.58. The molecular weight excluding hydrogens is 250 g/mol. The Morgan fingerprint density at radius 2 is 2.40 bits per heavy atom. The summed E-state index contributed by atoms with van der Waals surface area (Å²) in [5.41, 5.74) is 1.99. The second-order valence-electron chi connectivity index (χ2n) is 5.58. The molecule has 1 unspecified atom stereocenters. The van der Waals surface area contributed by atoms with Crippen molar-refractivity contribution >= 4 is 5.91 Å². The lowest BCUT2D eigenvalue weighted by Crippen LogP contribution is -2.42. The molecule has 2 heterocycles. The molecule has 0 spiro atoms. The zero-order valence-corrected chi connectivity index (χ0v) is 12.6. The third-order valence-corrected chi connectivity index (χ3v) is 3.89. The van der Waals surface area contributed by atoms with Gasteiger partial charge in [-0.1, -0.05) is 13.0 Å². The van der Waals surface area contributed by atoms with Crippen molar-refractivity contribution in [2.24, 2.45) is 0 Å². The number of nitrogens with zero attached hydrogens (tertiary/aromatic N) is 2. The molecule has 20 heavy (non-hydrogen) atoms. The Labute approximate surface area is 121 Å². The first kappa shape index (κ1) is 15.0. The zero-order chi connectivity index (χ0) is 14.4. The molecule has 0 radical (unpaired) electrons. The van der Waals surface area contributed by atoms with Crippen LogP contribution in [0.4, 0.5) is 0 Å². The molecule has 4 heteroatoms. The first-order valence-corrected chi connectivity index (χ1v) is 7.62. The van der Waals surface area contributed by atoms with Crippen LogP contribution in [0.15, 0.2) is 18.3 Å². The van der Waals surface area contributed by atoms with Crippen LogP contribution in [0.1, 0.15) is 37.4 Å². The van der Waals surface area contributed by atoms with Gasteiger partial charge in [0.05, 0.1) is 12.1 Å². The molecule has 1 aromatic rings. The van der Waals surface area contributed by atoms with Crippen molar-refractivity contribution in [1.82, 2.24) is 15.2 Å². The molecule has 110 valence electrons. The number of carbonyl (C=O) groups is 1. The summed E-state index contributed by atoms with van der Waals surface area (Å²) in [6.07, 6.45) is 5.58. The average Bonchev–Trinajstić information content (AvgIpc) is 2.94. The highest BCUT2D eigenvalue weighted by Crippen LogP contribution is 2.10. The number of carbonyl (C=O) groups excluding carboxylic acids is 1. The molecule has 0 saturated carbocycles. The van der Waals surface area contributed by atoms with E-state index in [0.29, 0.717) is 12.5 Å². The van der Waals surface area contributed by atoms with E-state index in [9.17, 15) is 4.79 Å². The van der Waals surface area contributed by atoms with E-state index in [2.05, 4.69) is 17.2 Å². The number of hydrogen-bond donors (Lipinski definition) is 1. The summed E-state index contributed by atoms with van der Waals surface area (Å²) in [4.78, 5) is 18.8. The number of aromatic nitrogens is 1. The number of amides is 1. The summed E-state index contributed by atoms with van der Waals surface area (Å²) < 4.78 is 0. The maximum atomic E-state index is 12.5. The van der Waals surface area contributed by atoms with Crippen molar-refractivity contribution in [3.8, 4) is 0 Å². The highest BCUT2D eigenvalue weighted by molar-refractivity contribution is 5.78. The minimum Gasteiger partial charge on any atom is -0.341 e. The lowest BCUT2D eigenvalue weighted by atomic mass is 10.1. The van der Waals surface area contributed by atoms with Crippen molar-refractivity contribution in [3.63, 3.8) is 0 Å². The van der Waals surface area contributed by atoms with Gasteiger partial charge in [-0.15, -0.1) is 0 Å². The summed E-state index contributed by atoms with van der Waals surface area (Å²) in [5, 5.41) is 3.47. The third kappa shape index (κ3) is 4.04. The Bertz CT molecular complexity index is 441. The first-order chi connectivity index (χ1) is 9.70. The molecule has 0 bridgehead atoms. The Hall–Kier alpha value is -1.42. The van der Waals surface area contributed by atoms with Gasteiger partial charge in [-0.2, -0.15) is 0 Å². The number of aryl methyl sites for hydroxylation is 1. The van der Waals surface area contributed by atoms with Crippen LogP contribution in [0.3, 0.4) is 0 Å². The van der Waals surface area contributed by atoms with E-state index in [-0.39, 0.29) is 5.91 Å². The van der Waals surface area contributed by atoms with Gasteiger partial charge >= 0.3 is 0 Å². The van der Waals surface area contributed by atoms with Crippen LogP contribution in [0.5, 0.6) is 0 Å². The van der Waals surface area contributed by atoms with E-state index in [1.54, 1.807) is 6.20 Å². The van der Waals surface area contributed by atoms with Crippen LogP contribution in [0.2, 0.25) is 0 Å². The molecule has 4 nitrogen and oxygen atoms in total. The van der Waals surface area contributed by atoms with Gasteiger partial charge in [0.2, 0.25) is 5.91 Å². The molecule has 1 atom stereocenters. The summed E-state index contributed by atoms with van der Waals surface area (Å²) in [5.74, 6) is 0.197. The maximum Gasteiger partial charge on any atom is 0.228 e. The molecule has 0 aliphatic carbocycles. The van der Waals surface area contributed by atoms with E-state index in [0.717, 1.165) is 37.3 Å². The molecule has 1 saturated heterocycles. The third-order valence-electron chi connectivity index (χ3n) is 3.89. The van der Waals surface area contributed by atoms with Gasteiger partial charge in [0.25, 0.3) is 0 Å². The van der Waals surface area contributed by atoms with Gasteiger partial charge in [0.15, 0.2) is 0 Å². The van der Waals surface area contributed by atoms with Gasteiger partial charge in [0.1, 0.15) is 0 Å². The van der Waals surface area contributed by atoms with E-state index in [1.165, 1.54) is 12.8 Å². The predicted octanol–water partition coefficient (Wildman–Crippen LogP) is 1.92. The standard InChI is InChI=1S/C16H25N3O/c1-3-10-19(12-14-7-5-8-17-14)16(20)11-15-13(2)6-4-9-18-15/h4,6,9,14,17H,3,5,7-8,10-12H2,1-2H3. The Kier molecular flexibility index (Phi) is 5.53. The molecule has 0 aromatic carbocycles. The fraction of sp³-hybridized carbons (Fsp3) is 0.625. The highest BCUT2D eigenvalue weighted by Gasteiger charge is 2.21.